The first-order chi connectivity index (χ1) is 7.04. The Kier molecular flexibility index (Phi) is 3.44. The third kappa shape index (κ3) is 2.80. The highest BCUT2D eigenvalue weighted by atomic mass is 16.5. The second-order valence-electron chi connectivity index (χ2n) is 3.21. The molecule has 0 saturated heterocycles. The molecule has 0 aliphatic rings. The summed E-state index contributed by atoms with van der Waals surface area (Å²) in [5.74, 6) is -0.566. The summed E-state index contributed by atoms with van der Waals surface area (Å²) in [5.41, 5.74) is 0.856. The molecular formula is C11H12O4. The van der Waals surface area contributed by atoms with E-state index in [1.807, 2.05) is 0 Å². The second kappa shape index (κ2) is 4.59. The summed E-state index contributed by atoms with van der Waals surface area (Å²) in [6, 6.07) is 4.48. The molecule has 0 unspecified atom stereocenters. The maximum atomic E-state index is 10.9. The Bertz CT molecular complexity index is 396. The summed E-state index contributed by atoms with van der Waals surface area (Å²) in [5, 5.41) is 8.76. The molecule has 0 amide bonds. The molecule has 15 heavy (non-hydrogen) atoms. The predicted molar refractivity (Wildman–Crippen MR) is 54.3 cm³/mol. The fourth-order valence-electron chi connectivity index (χ4n) is 1.29. The number of ether oxygens (including phenoxy) is 1. The number of Topliss-reactive ketones (excluding diaryl/α,β-unsaturated/α-hetero) is 1. The van der Waals surface area contributed by atoms with Gasteiger partial charge in [0.25, 0.3) is 0 Å². The number of carboxylic acid groups (broad SMARTS) is 1. The Balaban J connectivity index is 3.08. The summed E-state index contributed by atoms with van der Waals surface area (Å²) < 4.78 is 5.02. The van der Waals surface area contributed by atoms with Crippen LogP contribution in [-0.4, -0.2) is 24.0 Å². The number of methoxy groups -OCH3 is 1. The van der Waals surface area contributed by atoms with Crippen molar-refractivity contribution < 1.29 is 19.4 Å². The number of ketones is 1. The molecule has 0 aromatic heterocycles. The topological polar surface area (TPSA) is 63.6 Å². The summed E-state index contributed by atoms with van der Waals surface area (Å²) in [6.07, 6.45) is 0.253. The molecule has 0 spiro atoms. The van der Waals surface area contributed by atoms with E-state index in [-0.39, 0.29) is 17.8 Å². The number of benzene rings is 1. The largest absolute Gasteiger partial charge is 0.496 e. The Hall–Kier alpha value is -1.84. The van der Waals surface area contributed by atoms with E-state index in [4.69, 9.17) is 9.84 Å². The molecule has 1 rings (SSSR count). The maximum Gasteiger partial charge on any atom is 0.335 e. The first kappa shape index (κ1) is 11.2. The standard InChI is InChI=1S/C11H12O4/c1-7(12)5-8-3-4-9(11(13)14)6-10(8)15-2/h3-4,6H,5H2,1-2H3,(H,13,14). The molecule has 4 heteroatoms. The fraction of sp³-hybridized carbons (Fsp3) is 0.273. The van der Waals surface area contributed by atoms with Gasteiger partial charge in [-0.1, -0.05) is 6.07 Å². The van der Waals surface area contributed by atoms with Crippen molar-refractivity contribution in [3.8, 4) is 5.75 Å². The Morgan fingerprint density at radius 2 is 2.07 bits per heavy atom. The molecule has 0 saturated carbocycles. The minimum atomic E-state index is -1.01. The van der Waals surface area contributed by atoms with Crippen LogP contribution in [0.15, 0.2) is 18.2 Å². The lowest BCUT2D eigenvalue weighted by atomic mass is 10.1. The number of carboxylic acids is 1. The highest BCUT2D eigenvalue weighted by Crippen LogP contribution is 2.20. The average molecular weight is 208 g/mol. The quantitative estimate of drug-likeness (QED) is 0.814. The van der Waals surface area contributed by atoms with E-state index in [2.05, 4.69) is 0 Å². The molecule has 1 aromatic carbocycles. The van der Waals surface area contributed by atoms with Gasteiger partial charge < -0.3 is 9.84 Å². The summed E-state index contributed by atoms with van der Waals surface area (Å²) in [6.45, 7) is 1.48. The Morgan fingerprint density at radius 3 is 2.53 bits per heavy atom. The molecule has 0 heterocycles. The van der Waals surface area contributed by atoms with Crippen LogP contribution in [0.3, 0.4) is 0 Å². The zero-order valence-corrected chi connectivity index (χ0v) is 8.61. The summed E-state index contributed by atoms with van der Waals surface area (Å²) in [7, 11) is 1.45. The molecule has 1 aromatic rings. The average Bonchev–Trinajstić information content (AvgIpc) is 2.17. The van der Waals surface area contributed by atoms with Crippen LogP contribution >= 0.6 is 0 Å². The van der Waals surface area contributed by atoms with Gasteiger partial charge in [-0.05, 0) is 19.1 Å². The second-order valence-corrected chi connectivity index (χ2v) is 3.21. The van der Waals surface area contributed by atoms with Gasteiger partial charge >= 0.3 is 5.97 Å². The molecule has 0 bridgehead atoms. The molecule has 4 nitrogen and oxygen atoms in total. The first-order valence-corrected chi connectivity index (χ1v) is 4.44. The van der Waals surface area contributed by atoms with Gasteiger partial charge in [0.05, 0.1) is 12.7 Å². The lowest BCUT2D eigenvalue weighted by Gasteiger charge is -2.07. The predicted octanol–water partition coefficient (Wildman–Crippen LogP) is 1.52. The number of hydrogen-bond donors (Lipinski definition) is 1. The van der Waals surface area contributed by atoms with Crippen LogP contribution in [-0.2, 0) is 11.2 Å². The third-order valence-electron chi connectivity index (χ3n) is 1.97. The van der Waals surface area contributed by atoms with E-state index in [0.717, 1.165) is 0 Å². The Morgan fingerprint density at radius 1 is 1.40 bits per heavy atom. The molecular weight excluding hydrogens is 196 g/mol. The summed E-state index contributed by atoms with van der Waals surface area (Å²) >= 11 is 0. The van der Waals surface area contributed by atoms with Gasteiger partial charge in [0.15, 0.2) is 0 Å². The van der Waals surface area contributed by atoms with Crippen molar-refractivity contribution in [2.24, 2.45) is 0 Å². The van der Waals surface area contributed by atoms with Crippen LogP contribution in [0.2, 0.25) is 0 Å². The van der Waals surface area contributed by atoms with E-state index in [0.29, 0.717) is 11.3 Å². The lowest BCUT2D eigenvalue weighted by molar-refractivity contribution is -0.116. The van der Waals surface area contributed by atoms with Gasteiger partial charge in [0.1, 0.15) is 11.5 Å². The van der Waals surface area contributed by atoms with Crippen LogP contribution < -0.4 is 4.74 Å². The monoisotopic (exact) mass is 208 g/mol. The zero-order chi connectivity index (χ0) is 11.4. The molecule has 0 aliphatic heterocycles. The van der Waals surface area contributed by atoms with Gasteiger partial charge in [-0.3, -0.25) is 4.79 Å². The smallest absolute Gasteiger partial charge is 0.335 e. The molecule has 0 radical (unpaired) electrons. The number of carbonyl (C=O) groups excluding carboxylic acids is 1. The van der Waals surface area contributed by atoms with Gasteiger partial charge in [-0.25, -0.2) is 4.79 Å². The van der Waals surface area contributed by atoms with Gasteiger partial charge in [0, 0.05) is 12.0 Å². The van der Waals surface area contributed by atoms with Crippen LogP contribution in [0.1, 0.15) is 22.8 Å². The highest BCUT2D eigenvalue weighted by Gasteiger charge is 2.09. The highest BCUT2D eigenvalue weighted by molar-refractivity contribution is 5.88. The SMILES string of the molecule is COc1cc(C(=O)O)ccc1CC(C)=O. The van der Waals surface area contributed by atoms with Gasteiger partial charge in [-0.2, -0.15) is 0 Å². The number of aromatic carboxylic acids is 1. The van der Waals surface area contributed by atoms with Crippen LogP contribution in [0, 0.1) is 0 Å². The minimum absolute atomic E-state index is 0.0105. The van der Waals surface area contributed by atoms with Crippen molar-refractivity contribution in [2.75, 3.05) is 7.11 Å². The number of hydrogen-bond acceptors (Lipinski definition) is 3. The van der Waals surface area contributed by atoms with Crippen molar-refractivity contribution in [1.82, 2.24) is 0 Å². The van der Waals surface area contributed by atoms with Crippen LogP contribution in [0.4, 0.5) is 0 Å². The molecule has 80 valence electrons. The molecule has 0 fully saturated rings. The fourth-order valence-corrected chi connectivity index (χ4v) is 1.29. The maximum absolute atomic E-state index is 10.9. The first-order valence-electron chi connectivity index (χ1n) is 4.44. The van der Waals surface area contributed by atoms with Crippen molar-refractivity contribution in [1.29, 1.82) is 0 Å². The lowest BCUT2D eigenvalue weighted by Crippen LogP contribution is -2.02. The minimum Gasteiger partial charge on any atom is -0.496 e. The van der Waals surface area contributed by atoms with E-state index in [1.54, 1.807) is 6.07 Å². The van der Waals surface area contributed by atoms with Crippen molar-refractivity contribution in [3.05, 3.63) is 29.3 Å². The summed E-state index contributed by atoms with van der Waals surface area (Å²) in [4.78, 5) is 21.6. The van der Waals surface area contributed by atoms with E-state index < -0.39 is 5.97 Å². The Labute approximate surface area is 87.5 Å². The van der Waals surface area contributed by atoms with Crippen molar-refractivity contribution in [3.63, 3.8) is 0 Å². The molecule has 0 aliphatic carbocycles. The number of rotatable bonds is 4. The third-order valence-corrected chi connectivity index (χ3v) is 1.97. The zero-order valence-electron chi connectivity index (χ0n) is 8.61. The van der Waals surface area contributed by atoms with Crippen molar-refractivity contribution in [2.45, 2.75) is 13.3 Å². The van der Waals surface area contributed by atoms with Gasteiger partial charge in [-0.15, -0.1) is 0 Å². The van der Waals surface area contributed by atoms with Gasteiger partial charge in [0.2, 0.25) is 0 Å². The van der Waals surface area contributed by atoms with E-state index in [9.17, 15) is 9.59 Å². The van der Waals surface area contributed by atoms with Crippen molar-refractivity contribution >= 4 is 11.8 Å². The van der Waals surface area contributed by atoms with E-state index in [1.165, 1.54) is 26.2 Å². The molecule has 1 N–H and O–H groups in total. The van der Waals surface area contributed by atoms with Crippen LogP contribution in [0.25, 0.3) is 0 Å². The van der Waals surface area contributed by atoms with E-state index >= 15 is 0 Å². The molecule has 0 atom stereocenters. The number of carbonyl (C=O) groups is 2. The van der Waals surface area contributed by atoms with Crippen LogP contribution in [0.5, 0.6) is 5.75 Å². The normalized spacial score (nSPS) is 9.73.